The minimum atomic E-state index is -4.47. The molecule has 1 aliphatic heterocycles. The Hall–Kier alpha value is -2.03. The van der Waals surface area contributed by atoms with Gasteiger partial charge in [-0.25, -0.2) is 4.68 Å². The number of aromatic nitrogens is 2. The van der Waals surface area contributed by atoms with Gasteiger partial charge in [0.05, 0.1) is 12.2 Å². The van der Waals surface area contributed by atoms with Crippen molar-refractivity contribution in [1.82, 2.24) is 15.1 Å². The standard InChI is InChI=1S/C18H20BrF3N4O/c1-10(2)8-23-17(27)13-9-24-26-15(18(20,21)22)7-14(25-16(13)26)11-3-5-12(19)6-4-11/h3-6,9-10,14-15,25H,7-8H2,1-2H3,(H,23,27)/t14-,15-/m1/s1. The van der Waals surface area contributed by atoms with Gasteiger partial charge in [0.2, 0.25) is 0 Å². The molecule has 0 radical (unpaired) electrons. The number of benzene rings is 1. The van der Waals surface area contributed by atoms with Crippen LogP contribution in [0.25, 0.3) is 0 Å². The highest BCUT2D eigenvalue weighted by molar-refractivity contribution is 9.10. The van der Waals surface area contributed by atoms with Crippen LogP contribution in [-0.2, 0) is 0 Å². The van der Waals surface area contributed by atoms with Crippen molar-refractivity contribution in [3.05, 3.63) is 46.1 Å². The Morgan fingerprint density at radius 1 is 1.37 bits per heavy atom. The number of hydrogen-bond donors (Lipinski definition) is 2. The molecular formula is C18H20BrF3N4O. The minimum absolute atomic E-state index is 0.0951. The first-order valence-electron chi connectivity index (χ1n) is 8.61. The summed E-state index contributed by atoms with van der Waals surface area (Å²) in [6.45, 7) is 4.31. The highest BCUT2D eigenvalue weighted by Gasteiger charge is 2.47. The molecule has 146 valence electrons. The lowest BCUT2D eigenvalue weighted by molar-refractivity contribution is -0.173. The van der Waals surface area contributed by atoms with Crippen molar-refractivity contribution >= 4 is 27.7 Å². The van der Waals surface area contributed by atoms with Crippen LogP contribution in [0.2, 0.25) is 0 Å². The van der Waals surface area contributed by atoms with Crippen LogP contribution in [0.1, 0.15) is 48.3 Å². The normalized spacial score (nSPS) is 19.5. The summed E-state index contributed by atoms with van der Waals surface area (Å²) in [6.07, 6.45) is -3.48. The molecule has 2 aromatic rings. The first-order valence-corrected chi connectivity index (χ1v) is 9.40. The Morgan fingerprint density at radius 2 is 2.04 bits per heavy atom. The Morgan fingerprint density at radius 3 is 2.63 bits per heavy atom. The number of nitrogens with zero attached hydrogens (tertiary/aromatic N) is 2. The average molecular weight is 445 g/mol. The number of carbonyl (C=O) groups is 1. The second kappa shape index (κ2) is 7.53. The Balaban J connectivity index is 1.96. The fourth-order valence-corrected chi connectivity index (χ4v) is 3.30. The molecule has 5 nitrogen and oxygen atoms in total. The number of hydrogen-bond acceptors (Lipinski definition) is 3. The summed E-state index contributed by atoms with van der Waals surface area (Å²) in [5.74, 6) is -0.112. The van der Waals surface area contributed by atoms with E-state index in [1.165, 1.54) is 6.20 Å². The molecule has 1 aliphatic rings. The third kappa shape index (κ3) is 4.28. The lowest BCUT2D eigenvalue weighted by Crippen LogP contribution is -2.36. The van der Waals surface area contributed by atoms with Crippen LogP contribution < -0.4 is 10.6 Å². The van der Waals surface area contributed by atoms with Crippen molar-refractivity contribution < 1.29 is 18.0 Å². The zero-order valence-electron chi connectivity index (χ0n) is 14.8. The van der Waals surface area contributed by atoms with E-state index in [9.17, 15) is 18.0 Å². The smallest absolute Gasteiger partial charge is 0.363 e. The molecule has 0 unspecified atom stereocenters. The minimum Gasteiger partial charge on any atom is -0.363 e. The lowest BCUT2D eigenvalue weighted by Gasteiger charge is -2.34. The summed E-state index contributed by atoms with van der Waals surface area (Å²) in [5.41, 5.74) is 0.833. The first-order chi connectivity index (χ1) is 12.7. The van der Waals surface area contributed by atoms with Crippen molar-refractivity contribution in [3.63, 3.8) is 0 Å². The van der Waals surface area contributed by atoms with Crippen LogP contribution in [0, 0.1) is 5.92 Å². The van der Waals surface area contributed by atoms with Gasteiger partial charge in [-0.05, 0) is 23.6 Å². The molecule has 0 aliphatic carbocycles. The Kier molecular flexibility index (Phi) is 5.50. The van der Waals surface area contributed by atoms with Crippen LogP contribution in [0.5, 0.6) is 0 Å². The van der Waals surface area contributed by atoms with Crippen LogP contribution in [0.3, 0.4) is 0 Å². The molecule has 1 amide bonds. The van der Waals surface area contributed by atoms with Crippen LogP contribution in [0.4, 0.5) is 19.0 Å². The molecule has 2 N–H and O–H groups in total. The van der Waals surface area contributed by atoms with Gasteiger partial charge in [0, 0.05) is 17.4 Å². The second-order valence-corrected chi connectivity index (χ2v) is 7.91. The van der Waals surface area contributed by atoms with Crippen molar-refractivity contribution in [2.24, 2.45) is 5.92 Å². The van der Waals surface area contributed by atoms with E-state index in [0.717, 1.165) is 9.15 Å². The molecule has 3 rings (SSSR count). The zero-order valence-corrected chi connectivity index (χ0v) is 16.4. The number of carbonyl (C=O) groups excluding carboxylic acids is 1. The quantitative estimate of drug-likeness (QED) is 0.718. The van der Waals surface area contributed by atoms with Gasteiger partial charge >= 0.3 is 6.18 Å². The van der Waals surface area contributed by atoms with Crippen molar-refractivity contribution in [1.29, 1.82) is 0 Å². The maximum atomic E-state index is 13.6. The summed E-state index contributed by atoms with van der Waals surface area (Å²) >= 11 is 3.32. The fraction of sp³-hybridized carbons (Fsp3) is 0.444. The van der Waals surface area contributed by atoms with Gasteiger partial charge in [0.15, 0.2) is 6.04 Å². The van der Waals surface area contributed by atoms with E-state index < -0.39 is 24.2 Å². The van der Waals surface area contributed by atoms with Crippen molar-refractivity contribution in [2.75, 3.05) is 11.9 Å². The van der Waals surface area contributed by atoms with Crippen molar-refractivity contribution in [2.45, 2.75) is 38.5 Å². The summed E-state index contributed by atoms with van der Waals surface area (Å²) in [7, 11) is 0. The van der Waals surface area contributed by atoms with E-state index in [2.05, 4.69) is 31.7 Å². The largest absolute Gasteiger partial charge is 0.410 e. The summed E-state index contributed by atoms with van der Waals surface area (Å²) < 4.78 is 42.6. The second-order valence-electron chi connectivity index (χ2n) is 7.00. The molecule has 0 fully saturated rings. The van der Waals surface area contributed by atoms with Crippen molar-refractivity contribution in [3.8, 4) is 0 Å². The Bertz CT molecular complexity index is 817. The maximum Gasteiger partial charge on any atom is 0.410 e. The van der Waals surface area contributed by atoms with Gasteiger partial charge in [0.25, 0.3) is 5.91 Å². The maximum absolute atomic E-state index is 13.6. The number of rotatable bonds is 4. The van der Waals surface area contributed by atoms with Crippen LogP contribution in [-0.4, -0.2) is 28.4 Å². The van der Waals surface area contributed by atoms with E-state index in [-0.39, 0.29) is 23.7 Å². The van der Waals surface area contributed by atoms with E-state index in [4.69, 9.17) is 0 Å². The van der Waals surface area contributed by atoms with Crippen LogP contribution in [0.15, 0.2) is 34.9 Å². The van der Waals surface area contributed by atoms with Gasteiger partial charge in [-0.15, -0.1) is 0 Å². The predicted octanol–water partition coefficient (Wildman–Crippen LogP) is 4.69. The molecule has 27 heavy (non-hydrogen) atoms. The van der Waals surface area contributed by atoms with E-state index in [1.54, 1.807) is 24.3 Å². The monoisotopic (exact) mass is 444 g/mol. The number of fused-ring (bicyclic) bond motifs is 1. The number of alkyl halides is 3. The molecule has 0 saturated carbocycles. The number of anilines is 1. The number of halogens is 4. The highest BCUT2D eigenvalue weighted by Crippen LogP contribution is 2.44. The van der Waals surface area contributed by atoms with E-state index >= 15 is 0 Å². The number of amides is 1. The van der Waals surface area contributed by atoms with Gasteiger partial charge in [-0.1, -0.05) is 41.9 Å². The van der Waals surface area contributed by atoms with Gasteiger partial charge in [-0.3, -0.25) is 4.79 Å². The molecule has 2 atom stereocenters. The van der Waals surface area contributed by atoms with Gasteiger partial charge < -0.3 is 10.6 Å². The lowest BCUT2D eigenvalue weighted by atomic mass is 9.96. The topological polar surface area (TPSA) is 59.0 Å². The molecule has 1 aromatic heterocycles. The Labute approximate surface area is 163 Å². The SMILES string of the molecule is CC(C)CNC(=O)c1cnn2c1N[C@@H](c1ccc(Br)cc1)C[C@@H]2C(F)(F)F. The zero-order chi connectivity index (χ0) is 19.8. The van der Waals surface area contributed by atoms with Gasteiger partial charge in [-0.2, -0.15) is 18.3 Å². The molecule has 0 bridgehead atoms. The average Bonchev–Trinajstić information content (AvgIpc) is 3.02. The molecular weight excluding hydrogens is 425 g/mol. The number of nitrogens with one attached hydrogen (secondary N) is 2. The van der Waals surface area contributed by atoms with E-state index in [1.807, 2.05) is 13.8 Å². The fourth-order valence-electron chi connectivity index (χ4n) is 3.03. The van der Waals surface area contributed by atoms with Gasteiger partial charge in [0.1, 0.15) is 11.4 Å². The molecule has 2 heterocycles. The summed E-state index contributed by atoms with van der Waals surface area (Å²) in [5, 5.41) is 9.67. The predicted molar refractivity (Wildman–Crippen MR) is 99.6 cm³/mol. The third-order valence-electron chi connectivity index (χ3n) is 4.43. The summed E-state index contributed by atoms with van der Waals surface area (Å²) in [4.78, 5) is 12.4. The molecule has 0 spiro atoms. The third-order valence-corrected chi connectivity index (χ3v) is 4.95. The summed E-state index contributed by atoms with van der Waals surface area (Å²) in [6, 6.07) is 4.71. The molecule has 0 saturated heterocycles. The first kappa shape index (κ1) is 19.7. The highest BCUT2D eigenvalue weighted by atomic mass is 79.9. The van der Waals surface area contributed by atoms with E-state index in [0.29, 0.717) is 12.1 Å². The molecule has 1 aromatic carbocycles. The molecule has 9 heteroatoms. The van der Waals surface area contributed by atoms with Crippen LogP contribution >= 0.6 is 15.9 Å².